The maximum Gasteiger partial charge on any atom is 0.254 e. The van der Waals surface area contributed by atoms with Gasteiger partial charge in [0.05, 0.1) is 0 Å². The summed E-state index contributed by atoms with van der Waals surface area (Å²) < 4.78 is 5.41. The van der Waals surface area contributed by atoms with Gasteiger partial charge in [-0.05, 0) is 43.2 Å². The van der Waals surface area contributed by atoms with Crippen molar-refractivity contribution in [1.29, 1.82) is 0 Å². The first kappa shape index (κ1) is 19.7. The molecule has 1 unspecified atom stereocenters. The number of hydrogen-bond donors (Lipinski definition) is 1. The number of amides is 2. The second-order valence-corrected chi connectivity index (χ2v) is 7.56. The fourth-order valence-corrected chi connectivity index (χ4v) is 3.79. The molecule has 1 aromatic carbocycles. The van der Waals surface area contributed by atoms with Crippen LogP contribution in [0.3, 0.4) is 0 Å². The van der Waals surface area contributed by atoms with Crippen LogP contribution in [0.1, 0.15) is 23.2 Å². The summed E-state index contributed by atoms with van der Waals surface area (Å²) in [6, 6.07) is 12.6. The molecule has 0 aliphatic carbocycles. The lowest BCUT2D eigenvalue weighted by atomic mass is 10.1. The number of rotatable bonds is 4. The van der Waals surface area contributed by atoms with Crippen LogP contribution in [0.2, 0.25) is 5.15 Å². The normalized spacial score (nSPS) is 19.3. The quantitative estimate of drug-likeness (QED) is 0.778. The van der Waals surface area contributed by atoms with E-state index in [1.807, 2.05) is 17.0 Å². The predicted molar refractivity (Wildman–Crippen MR) is 111 cm³/mol. The lowest BCUT2D eigenvalue weighted by molar-refractivity contribution is -0.124. The van der Waals surface area contributed by atoms with Crippen LogP contribution in [-0.2, 0) is 9.53 Å². The van der Waals surface area contributed by atoms with Gasteiger partial charge >= 0.3 is 0 Å². The molecule has 8 heteroatoms. The average Bonchev–Trinajstić information content (AvgIpc) is 3.29. The van der Waals surface area contributed by atoms with Gasteiger partial charge in [-0.2, -0.15) is 0 Å². The minimum atomic E-state index is -0.400. The van der Waals surface area contributed by atoms with Crippen molar-refractivity contribution < 1.29 is 14.3 Å². The molecule has 0 saturated carbocycles. The first-order chi connectivity index (χ1) is 14.1. The Morgan fingerprint density at radius 3 is 2.62 bits per heavy atom. The number of hydrogen-bond acceptors (Lipinski definition) is 5. The summed E-state index contributed by atoms with van der Waals surface area (Å²) in [6.07, 6.45) is 1.23. The molecule has 29 heavy (non-hydrogen) atoms. The van der Waals surface area contributed by atoms with Crippen LogP contribution in [-0.4, -0.2) is 60.6 Å². The maximum absolute atomic E-state index is 12.9. The Bertz CT molecular complexity index is 893. The van der Waals surface area contributed by atoms with Crippen molar-refractivity contribution in [3.63, 3.8) is 0 Å². The minimum Gasteiger partial charge on any atom is -0.368 e. The summed E-state index contributed by atoms with van der Waals surface area (Å²) in [4.78, 5) is 33.4. The van der Waals surface area contributed by atoms with E-state index in [-0.39, 0.29) is 11.8 Å². The van der Waals surface area contributed by atoms with Crippen molar-refractivity contribution >= 4 is 34.9 Å². The third-order valence-electron chi connectivity index (χ3n) is 5.19. The molecule has 2 aromatic rings. The Balaban J connectivity index is 1.37. The molecule has 7 nitrogen and oxygen atoms in total. The zero-order chi connectivity index (χ0) is 20.2. The van der Waals surface area contributed by atoms with Crippen molar-refractivity contribution in [2.45, 2.75) is 18.9 Å². The number of carbonyl (C=O) groups is 2. The molecule has 2 aliphatic rings. The van der Waals surface area contributed by atoms with Crippen LogP contribution in [0.25, 0.3) is 0 Å². The highest BCUT2D eigenvalue weighted by Crippen LogP contribution is 2.20. The van der Waals surface area contributed by atoms with Crippen LogP contribution in [0.5, 0.6) is 0 Å². The minimum absolute atomic E-state index is 0.0445. The molecule has 2 fully saturated rings. The number of benzene rings is 1. The molecule has 1 atom stereocenters. The summed E-state index contributed by atoms with van der Waals surface area (Å²) >= 11 is 5.98. The van der Waals surface area contributed by atoms with Crippen molar-refractivity contribution in [1.82, 2.24) is 9.88 Å². The molecule has 3 heterocycles. The Morgan fingerprint density at radius 1 is 1.10 bits per heavy atom. The molecule has 0 radical (unpaired) electrons. The van der Waals surface area contributed by atoms with Gasteiger partial charge in [0.2, 0.25) is 0 Å². The average molecular weight is 415 g/mol. The Morgan fingerprint density at radius 2 is 1.90 bits per heavy atom. The highest BCUT2D eigenvalue weighted by atomic mass is 35.5. The number of nitrogens with zero attached hydrogens (tertiary/aromatic N) is 3. The molecular weight excluding hydrogens is 392 g/mol. The van der Waals surface area contributed by atoms with Crippen molar-refractivity contribution in [2.75, 3.05) is 43.0 Å². The van der Waals surface area contributed by atoms with E-state index in [9.17, 15) is 9.59 Å². The van der Waals surface area contributed by atoms with E-state index < -0.39 is 6.10 Å². The van der Waals surface area contributed by atoms with E-state index in [2.05, 4.69) is 15.2 Å². The van der Waals surface area contributed by atoms with Gasteiger partial charge in [0, 0.05) is 44.0 Å². The molecule has 2 aliphatic heterocycles. The topological polar surface area (TPSA) is 74.8 Å². The first-order valence-corrected chi connectivity index (χ1v) is 10.2. The monoisotopic (exact) mass is 414 g/mol. The lowest BCUT2D eigenvalue weighted by Gasteiger charge is -2.35. The van der Waals surface area contributed by atoms with Crippen LogP contribution in [0, 0.1) is 0 Å². The fraction of sp³-hybridized carbons (Fsp3) is 0.381. The summed E-state index contributed by atoms with van der Waals surface area (Å²) in [5.74, 6) is 0.620. The van der Waals surface area contributed by atoms with E-state index in [0.717, 1.165) is 18.7 Å². The van der Waals surface area contributed by atoms with Gasteiger partial charge in [0.1, 0.15) is 17.1 Å². The molecule has 4 rings (SSSR count). The van der Waals surface area contributed by atoms with E-state index in [4.69, 9.17) is 16.3 Å². The SMILES string of the molecule is O=C(Nc1cccc(C(=O)N2CCN(c3cccc(Cl)n3)CC2)c1)C1CCCO1. The molecule has 0 spiro atoms. The van der Waals surface area contributed by atoms with E-state index >= 15 is 0 Å². The van der Waals surface area contributed by atoms with Crippen LogP contribution < -0.4 is 10.2 Å². The van der Waals surface area contributed by atoms with Gasteiger partial charge < -0.3 is 19.9 Å². The Kier molecular flexibility index (Phi) is 5.97. The summed E-state index contributed by atoms with van der Waals surface area (Å²) in [5, 5.41) is 3.31. The van der Waals surface area contributed by atoms with Crippen molar-refractivity contribution in [3.8, 4) is 0 Å². The molecule has 152 valence electrons. The third-order valence-corrected chi connectivity index (χ3v) is 5.40. The van der Waals surface area contributed by atoms with Crippen molar-refractivity contribution in [2.24, 2.45) is 0 Å². The highest BCUT2D eigenvalue weighted by molar-refractivity contribution is 6.29. The fourth-order valence-electron chi connectivity index (χ4n) is 3.63. The van der Waals surface area contributed by atoms with Gasteiger partial charge in [0.15, 0.2) is 0 Å². The van der Waals surface area contributed by atoms with Crippen LogP contribution in [0.4, 0.5) is 11.5 Å². The largest absolute Gasteiger partial charge is 0.368 e. The summed E-state index contributed by atoms with van der Waals surface area (Å²) in [6.45, 7) is 3.19. The van der Waals surface area contributed by atoms with E-state index in [1.165, 1.54) is 0 Å². The number of anilines is 2. The zero-order valence-electron chi connectivity index (χ0n) is 16.0. The molecule has 2 saturated heterocycles. The van der Waals surface area contributed by atoms with Crippen molar-refractivity contribution in [3.05, 3.63) is 53.2 Å². The number of aromatic nitrogens is 1. The number of piperazine rings is 1. The summed E-state index contributed by atoms with van der Waals surface area (Å²) in [5.41, 5.74) is 1.17. The third kappa shape index (κ3) is 4.68. The van der Waals surface area contributed by atoms with Crippen LogP contribution in [0.15, 0.2) is 42.5 Å². The molecule has 1 N–H and O–H groups in total. The highest BCUT2D eigenvalue weighted by Gasteiger charge is 2.25. The second-order valence-electron chi connectivity index (χ2n) is 7.17. The van der Waals surface area contributed by atoms with Gasteiger partial charge in [-0.1, -0.05) is 23.7 Å². The Hall–Kier alpha value is -2.64. The number of halogens is 1. The second kappa shape index (κ2) is 8.80. The van der Waals surface area contributed by atoms with Gasteiger partial charge in [-0.25, -0.2) is 4.98 Å². The van der Waals surface area contributed by atoms with Crippen LogP contribution >= 0.6 is 11.6 Å². The standard InChI is InChI=1S/C21H23ClN4O3/c22-18-7-2-8-19(24-18)25-9-11-26(12-10-25)21(28)15-4-1-5-16(14-15)23-20(27)17-6-3-13-29-17/h1-2,4-5,7-8,14,17H,3,6,9-13H2,(H,23,27). The van der Waals surface area contributed by atoms with E-state index in [1.54, 1.807) is 30.3 Å². The first-order valence-electron chi connectivity index (χ1n) is 9.79. The molecular formula is C21H23ClN4O3. The number of ether oxygens (including phenoxy) is 1. The summed E-state index contributed by atoms with van der Waals surface area (Å²) in [7, 11) is 0. The van der Waals surface area contributed by atoms with Gasteiger partial charge in [-0.15, -0.1) is 0 Å². The molecule has 2 amide bonds. The smallest absolute Gasteiger partial charge is 0.254 e. The lowest BCUT2D eigenvalue weighted by Crippen LogP contribution is -2.49. The predicted octanol–water partition coefficient (Wildman–Crippen LogP) is 2.81. The molecule has 1 aromatic heterocycles. The van der Waals surface area contributed by atoms with Gasteiger partial charge in [0.25, 0.3) is 11.8 Å². The number of pyridine rings is 1. The Labute approximate surface area is 174 Å². The maximum atomic E-state index is 12.9. The van der Waals surface area contributed by atoms with Gasteiger partial charge in [-0.3, -0.25) is 9.59 Å². The van der Waals surface area contributed by atoms with E-state index in [0.29, 0.717) is 49.2 Å². The molecule has 0 bridgehead atoms. The number of nitrogens with one attached hydrogen (secondary N) is 1. The number of carbonyl (C=O) groups excluding carboxylic acids is 2. The zero-order valence-corrected chi connectivity index (χ0v) is 16.8.